The molecular weight excluding hydrogens is 230 g/mol. The van der Waals surface area contributed by atoms with Crippen LogP contribution in [0, 0.1) is 0 Å². The lowest BCUT2D eigenvalue weighted by atomic mass is 10.2. The van der Waals surface area contributed by atoms with E-state index in [1.54, 1.807) is 4.68 Å². The van der Waals surface area contributed by atoms with E-state index in [0.29, 0.717) is 24.7 Å². The summed E-state index contributed by atoms with van der Waals surface area (Å²) in [6.45, 7) is 2.40. The summed E-state index contributed by atoms with van der Waals surface area (Å²) in [5, 5.41) is 21.2. The first-order chi connectivity index (χ1) is 8.78. The number of nitrogens with one attached hydrogen (secondary N) is 1. The first-order valence-corrected chi connectivity index (χ1v) is 6.39. The lowest BCUT2D eigenvalue weighted by Gasteiger charge is -2.08. The number of aromatic nitrogens is 5. The molecule has 2 N–H and O–H groups in total. The molecular formula is C12H17N5O. The average Bonchev–Trinajstić information content (AvgIpc) is 2.94. The minimum absolute atomic E-state index is 0.396. The summed E-state index contributed by atoms with van der Waals surface area (Å²) in [7, 11) is 0. The van der Waals surface area contributed by atoms with Gasteiger partial charge in [0.2, 0.25) is 0 Å². The van der Waals surface area contributed by atoms with Crippen molar-refractivity contribution in [2.45, 2.75) is 44.8 Å². The predicted octanol–water partition coefficient (Wildman–Crippen LogP) is 1.32. The Bertz CT molecular complexity index is 528. The predicted molar refractivity (Wildman–Crippen MR) is 65.9 cm³/mol. The van der Waals surface area contributed by atoms with E-state index in [1.807, 2.05) is 13.0 Å². The highest BCUT2D eigenvalue weighted by Crippen LogP contribution is 2.39. The zero-order valence-electron chi connectivity index (χ0n) is 10.4. The molecule has 0 radical (unpaired) electrons. The van der Waals surface area contributed by atoms with Gasteiger partial charge in [-0.05, 0) is 25.3 Å². The lowest BCUT2D eigenvalue weighted by Crippen LogP contribution is -2.16. The molecule has 96 valence electrons. The standard InChI is InChI=1S/C12H17N5O/c1-2-9(18)6-17-12(13-7-14-17)11-5-10(15-16-11)8-3-4-8/h5,7-9,18H,2-4,6H2,1H3,(H,15,16). The molecule has 6 nitrogen and oxygen atoms in total. The molecule has 3 rings (SSSR count). The maximum absolute atomic E-state index is 9.69. The third kappa shape index (κ3) is 2.15. The van der Waals surface area contributed by atoms with Gasteiger partial charge < -0.3 is 5.11 Å². The maximum atomic E-state index is 9.69. The molecule has 1 aliphatic rings. The van der Waals surface area contributed by atoms with E-state index < -0.39 is 6.10 Å². The quantitative estimate of drug-likeness (QED) is 0.835. The number of nitrogens with zero attached hydrogens (tertiary/aromatic N) is 4. The first kappa shape index (κ1) is 11.4. The Morgan fingerprint density at radius 3 is 3.11 bits per heavy atom. The van der Waals surface area contributed by atoms with Gasteiger partial charge in [0.15, 0.2) is 5.82 Å². The van der Waals surface area contributed by atoms with Crippen molar-refractivity contribution in [3.05, 3.63) is 18.1 Å². The van der Waals surface area contributed by atoms with Crippen LogP contribution in [0.25, 0.3) is 11.5 Å². The second-order valence-corrected chi connectivity index (χ2v) is 4.81. The molecule has 1 atom stereocenters. The summed E-state index contributed by atoms with van der Waals surface area (Å²) < 4.78 is 1.71. The lowest BCUT2D eigenvalue weighted by molar-refractivity contribution is 0.146. The van der Waals surface area contributed by atoms with Gasteiger partial charge in [-0.25, -0.2) is 9.67 Å². The summed E-state index contributed by atoms with van der Waals surface area (Å²) in [6, 6.07) is 2.04. The zero-order chi connectivity index (χ0) is 12.5. The van der Waals surface area contributed by atoms with Crippen LogP contribution in [-0.2, 0) is 6.54 Å². The largest absolute Gasteiger partial charge is 0.391 e. The Balaban J connectivity index is 1.83. The van der Waals surface area contributed by atoms with Gasteiger partial charge in [-0.2, -0.15) is 10.2 Å². The maximum Gasteiger partial charge on any atom is 0.178 e. The fourth-order valence-electron chi connectivity index (χ4n) is 1.98. The van der Waals surface area contributed by atoms with Crippen molar-refractivity contribution in [2.75, 3.05) is 0 Å². The monoisotopic (exact) mass is 247 g/mol. The molecule has 18 heavy (non-hydrogen) atoms. The minimum atomic E-state index is -0.396. The number of hydrogen-bond donors (Lipinski definition) is 2. The van der Waals surface area contributed by atoms with Gasteiger partial charge in [0.1, 0.15) is 12.0 Å². The van der Waals surface area contributed by atoms with Crippen LogP contribution in [0.4, 0.5) is 0 Å². The van der Waals surface area contributed by atoms with Crippen molar-refractivity contribution in [3.8, 4) is 11.5 Å². The summed E-state index contributed by atoms with van der Waals surface area (Å²) in [6.07, 6.45) is 4.29. The van der Waals surface area contributed by atoms with E-state index >= 15 is 0 Å². The molecule has 6 heteroatoms. The highest BCUT2D eigenvalue weighted by Gasteiger charge is 2.26. The molecule has 1 saturated carbocycles. The van der Waals surface area contributed by atoms with E-state index in [0.717, 1.165) is 5.69 Å². The van der Waals surface area contributed by atoms with Crippen LogP contribution in [-0.4, -0.2) is 36.2 Å². The number of aliphatic hydroxyl groups excluding tert-OH is 1. The van der Waals surface area contributed by atoms with Crippen molar-refractivity contribution < 1.29 is 5.11 Å². The van der Waals surface area contributed by atoms with Crippen molar-refractivity contribution in [3.63, 3.8) is 0 Å². The summed E-state index contributed by atoms with van der Waals surface area (Å²) >= 11 is 0. The van der Waals surface area contributed by atoms with Gasteiger partial charge >= 0.3 is 0 Å². The SMILES string of the molecule is CCC(O)Cn1ncnc1-c1cc(C2CC2)[nH]n1. The summed E-state index contributed by atoms with van der Waals surface area (Å²) in [5.41, 5.74) is 1.98. The van der Waals surface area contributed by atoms with Crippen LogP contribution in [0.15, 0.2) is 12.4 Å². The van der Waals surface area contributed by atoms with Gasteiger partial charge in [0.05, 0.1) is 12.6 Å². The van der Waals surface area contributed by atoms with Crippen LogP contribution < -0.4 is 0 Å². The van der Waals surface area contributed by atoms with Gasteiger partial charge in [0.25, 0.3) is 0 Å². The highest BCUT2D eigenvalue weighted by molar-refractivity contribution is 5.49. The molecule has 2 aromatic heterocycles. The minimum Gasteiger partial charge on any atom is -0.391 e. The van der Waals surface area contributed by atoms with E-state index in [9.17, 15) is 5.11 Å². The van der Waals surface area contributed by atoms with Gasteiger partial charge in [0, 0.05) is 11.6 Å². The second-order valence-electron chi connectivity index (χ2n) is 4.81. The van der Waals surface area contributed by atoms with Crippen LogP contribution in [0.5, 0.6) is 0 Å². The van der Waals surface area contributed by atoms with Crippen molar-refractivity contribution >= 4 is 0 Å². The van der Waals surface area contributed by atoms with Gasteiger partial charge in [-0.15, -0.1) is 0 Å². The smallest absolute Gasteiger partial charge is 0.178 e. The van der Waals surface area contributed by atoms with Crippen molar-refractivity contribution in [2.24, 2.45) is 0 Å². The van der Waals surface area contributed by atoms with Crippen molar-refractivity contribution in [1.29, 1.82) is 0 Å². The topological polar surface area (TPSA) is 79.6 Å². The zero-order valence-corrected chi connectivity index (χ0v) is 10.4. The second kappa shape index (κ2) is 4.53. The summed E-state index contributed by atoms with van der Waals surface area (Å²) in [5.74, 6) is 1.36. The van der Waals surface area contributed by atoms with E-state index in [4.69, 9.17) is 0 Å². The number of H-pyrrole nitrogens is 1. The average molecular weight is 247 g/mol. The van der Waals surface area contributed by atoms with E-state index in [1.165, 1.54) is 24.9 Å². The molecule has 0 aliphatic heterocycles. The van der Waals surface area contributed by atoms with Crippen LogP contribution in [0.3, 0.4) is 0 Å². The normalized spacial score (nSPS) is 17.0. The number of rotatable bonds is 5. The molecule has 0 aromatic carbocycles. The Labute approximate surface area is 105 Å². The highest BCUT2D eigenvalue weighted by atomic mass is 16.3. The molecule has 0 amide bonds. The van der Waals surface area contributed by atoms with Crippen molar-refractivity contribution in [1.82, 2.24) is 25.0 Å². The molecule has 0 bridgehead atoms. The Hall–Kier alpha value is -1.69. The molecule has 0 spiro atoms. The summed E-state index contributed by atoms with van der Waals surface area (Å²) in [4.78, 5) is 4.23. The van der Waals surface area contributed by atoms with Crippen LogP contribution in [0.2, 0.25) is 0 Å². The first-order valence-electron chi connectivity index (χ1n) is 6.39. The fourth-order valence-corrected chi connectivity index (χ4v) is 1.98. The van der Waals surface area contributed by atoms with E-state index in [-0.39, 0.29) is 0 Å². The third-order valence-electron chi connectivity index (χ3n) is 3.31. The molecule has 2 heterocycles. The Morgan fingerprint density at radius 1 is 1.56 bits per heavy atom. The number of aromatic amines is 1. The Morgan fingerprint density at radius 2 is 2.39 bits per heavy atom. The van der Waals surface area contributed by atoms with Gasteiger partial charge in [-0.1, -0.05) is 6.92 Å². The van der Waals surface area contributed by atoms with Gasteiger partial charge in [-0.3, -0.25) is 5.10 Å². The molecule has 0 saturated heterocycles. The van der Waals surface area contributed by atoms with Crippen LogP contribution in [0.1, 0.15) is 37.8 Å². The van der Waals surface area contributed by atoms with E-state index in [2.05, 4.69) is 20.3 Å². The molecule has 2 aromatic rings. The molecule has 1 aliphatic carbocycles. The number of hydrogen-bond acceptors (Lipinski definition) is 4. The number of aliphatic hydroxyl groups is 1. The third-order valence-corrected chi connectivity index (χ3v) is 3.31. The molecule has 1 unspecified atom stereocenters. The fraction of sp³-hybridized carbons (Fsp3) is 0.583. The molecule has 1 fully saturated rings. The van der Waals surface area contributed by atoms with Crippen LogP contribution >= 0.6 is 0 Å². The Kier molecular flexibility index (Phi) is 2.87.